The van der Waals surface area contributed by atoms with E-state index in [1.165, 1.54) is 26.4 Å². The molecule has 0 saturated heterocycles. The first-order valence-electron chi connectivity index (χ1n) is 6.37. The van der Waals surface area contributed by atoms with E-state index in [0.717, 1.165) is 5.56 Å². The molecule has 108 valence electrons. The predicted octanol–water partition coefficient (Wildman–Crippen LogP) is 3.04. The summed E-state index contributed by atoms with van der Waals surface area (Å²) in [5.41, 5.74) is 2.14. The number of aromatic hydroxyl groups is 1. The van der Waals surface area contributed by atoms with Gasteiger partial charge in [0, 0.05) is 11.6 Å². The summed E-state index contributed by atoms with van der Waals surface area (Å²) in [6, 6.07) is 12.5. The van der Waals surface area contributed by atoms with Crippen LogP contribution in [-0.2, 0) is 4.79 Å². The van der Waals surface area contributed by atoms with Gasteiger partial charge in [-0.15, -0.1) is 0 Å². The summed E-state index contributed by atoms with van der Waals surface area (Å²) >= 11 is 0. The van der Waals surface area contributed by atoms with E-state index < -0.39 is 0 Å². The molecule has 0 amide bonds. The van der Waals surface area contributed by atoms with Gasteiger partial charge in [-0.3, -0.25) is 4.79 Å². The molecular formula is C17H16O4. The fourth-order valence-corrected chi connectivity index (χ4v) is 2.12. The van der Waals surface area contributed by atoms with E-state index in [1.54, 1.807) is 6.07 Å². The first-order chi connectivity index (χ1) is 10.2. The van der Waals surface area contributed by atoms with Gasteiger partial charge in [0.15, 0.2) is 11.5 Å². The lowest BCUT2D eigenvalue weighted by Gasteiger charge is -2.14. The molecule has 21 heavy (non-hydrogen) atoms. The zero-order valence-electron chi connectivity index (χ0n) is 11.9. The second-order valence-electron chi connectivity index (χ2n) is 4.31. The van der Waals surface area contributed by atoms with E-state index in [1.807, 2.05) is 30.3 Å². The lowest BCUT2D eigenvalue weighted by atomic mass is 9.96. The summed E-state index contributed by atoms with van der Waals surface area (Å²) in [6.45, 7) is 0. The van der Waals surface area contributed by atoms with Crippen LogP contribution in [0.3, 0.4) is 0 Å². The summed E-state index contributed by atoms with van der Waals surface area (Å²) in [5.74, 6) is 0.816. The van der Waals surface area contributed by atoms with Gasteiger partial charge in [-0.25, -0.2) is 0 Å². The molecule has 0 radical (unpaired) electrons. The Kier molecular flexibility index (Phi) is 4.61. The van der Waals surface area contributed by atoms with Crippen LogP contribution in [-0.4, -0.2) is 25.6 Å². The van der Waals surface area contributed by atoms with E-state index in [2.05, 4.69) is 0 Å². The van der Waals surface area contributed by atoms with Crippen molar-refractivity contribution in [1.82, 2.24) is 0 Å². The van der Waals surface area contributed by atoms with Gasteiger partial charge < -0.3 is 14.6 Å². The monoisotopic (exact) mass is 284 g/mol. The highest BCUT2D eigenvalue weighted by Crippen LogP contribution is 2.39. The van der Waals surface area contributed by atoms with Gasteiger partial charge in [0.1, 0.15) is 12.0 Å². The SMILES string of the molecule is COc1cc(OC)c(/C(=C/C=O)c2ccccc2)cc1O. The number of methoxy groups -OCH3 is 2. The van der Waals surface area contributed by atoms with Crippen molar-refractivity contribution >= 4 is 11.9 Å². The van der Waals surface area contributed by atoms with Crippen LogP contribution in [0.15, 0.2) is 48.5 Å². The van der Waals surface area contributed by atoms with Crippen molar-refractivity contribution in [2.24, 2.45) is 0 Å². The zero-order valence-corrected chi connectivity index (χ0v) is 11.9. The number of carbonyl (C=O) groups is 1. The van der Waals surface area contributed by atoms with Crippen LogP contribution in [0.2, 0.25) is 0 Å². The molecule has 0 aliphatic rings. The van der Waals surface area contributed by atoms with Crippen LogP contribution in [0.25, 0.3) is 5.57 Å². The number of aldehydes is 1. The van der Waals surface area contributed by atoms with E-state index in [9.17, 15) is 9.90 Å². The molecule has 2 aromatic rings. The molecule has 0 bridgehead atoms. The third-order valence-corrected chi connectivity index (χ3v) is 3.11. The van der Waals surface area contributed by atoms with Crippen molar-refractivity contribution in [3.8, 4) is 17.2 Å². The van der Waals surface area contributed by atoms with Crippen molar-refractivity contribution < 1.29 is 19.4 Å². The van der Waals surface area contributed by atoms with Crippen LogP contribution in [0, 0.1) is 0 Å². The standard InChI is InChI=1S/C17H16O4/c1-20-16-11-17(21-2)15(19)10-14(16)13(8-9-18)12-6-4-3-5-7-12/h3-11,19H,1-2H3/b13-8+. The predicted molar refractivity (Wildman–Crippen MR) is 80.8 cm³/mol. The van der Waals surface area contributed by atoms with E-state index in [4.69, 9.17) is 9.47 Å². The maximum absolute atomic E-state index is 11.0. The first kappa shape index (κ1) is 14.7. The number of carbonyl (C=O) groups excluding carboxylic acids is 1. The molecule has 4 nitrogen and oxygen atoms in total. The van der Waals surface area contributed by atoms with Gasteiger partial charge >= 0.3 is 0 Å². The Morgan fingerprint density at radius 2 is 1.71 bits per heavy atom. The Bertz CT molecular complexity index is 660. The van der Waals surface area contributed by atoms with Crippen molar-refractivity contribution in [2.45, 2.75) is 0 Å². The van der Waals surface area contributed by atoms with E-state index in [-0.39, 0.29) is 5.75 Å². The van der Waals surface area contributed by atoms with Crippen molar-refractivity contribution in [2.75, 3.05) is 14.2 Å². The summed E-state index contributed by atoms with van der Waals surface area (Å²) in [4.78, 5) is 11.0. The first-order valence-corrected chi connectivity index (χ1v) is 6.37. The third kappa shape index (κ3) is 3.05. The Balaban J connectivity index is 2.64. The second kappa shape index (κ2) is 6.61. The van der Waals surface area contributed by atoms with E-state index >= 15 is 0 Å². The number of allylic oxidation sites excluding steroid dienone is 1. The molecule has 0 atom stereocenters. The average Bonchev–Trinajstić information content (AvgIpc) is 2.53. The molecule has 0 fully saturated rings. The summed E-state index contributed by atoms with van der Waals surface area (Å²) < 4.78 is 10.4. The quantitative estimate of drug-likeness (QED) is 0.677. The summed E-state index contributed by atoms with van der Waals surface area (Å²) in [7, 11) is 2.99. The minimum absolute atomic E-state index is 0.0129. The Morgan fingerprint density at radius 1 is 1.05 bits per heavy atom. The molecule has 0 aliphatic carbocycles. The largest absolute Gasteiger partial charge is 0.504 e. The molecule has 0 saturated carbocycles. The van der Waals surface area contributed by atoms with Gasteiger partial charge in [-0.1, -0.05) is 30.3 Å². The molecule has 0 heterocycles. The van der Waals surface area contributed by atoms with E-state index in [0.29, 0.717) is 28.9 Å². The maximum Gasteiger partial charge on any atom is 0.164 e. The number of phenols is 1. The minimum atomic E-state index is -0.0129. The molecule has 0 aromatic heterocycles. The van der Waals surface area contributed by atoms with Gasteiger partial charge in [-0.2, -0.15) is 0 Å². The third-order valence-electron chi connectivity index (χ3n) is 3.11. The summed E-state index contributed by atoms with van der Waals surface area (Å²) in [6.07, 6.45) is 2.15. The molecule has 0 aliphatic heterocycles. The molecule has 4 heteroatoms. The number of hydrogen-bond acceptors (Lipinski definition) is 4. The van der Waals surface area contributed by atoms with Crippen LogP contribution in [0.1, 0.15) is 11.1 Å². The van der Waals surface area contributed by atoms with Crippen molar-refractivity contribution in [3.63, 3.8) is 0 Å². The highest BCUT2D eigenvalue weighted by molar-refractivity contribution is 5.92. The topological polar surface area (TPSA) is 55.8 Å². The van der Waals surface area contributed by atoms with Crippen LogP contribution in [0.5, 0.6) is 17.2 Å². The van der Waals surface area contributed by atoms with Gasteiger partial charge in [0.05, 0.1) is 14.2 Å². The Morgan fingerprint density at radius 3 is 2.29 bits per heavy atom. The van der Waals surface area contributed by atoms with Gasteiger partial charge in [0.25, 0.3) is 0 Å². The highest BCUT2D eigenvalue weighted by atomic mass is 16.5. The van der Waals surface area contributed by atoms with Gasteiger partial charge in [0.2, 0.25) is 0 Å². The fourth-order valence-electron chi connectivity index (χ4n) is 2.12. The average molecular weight is 284 g/mol. The fraction of sp³-hybridized carbons (Fsp3) is 0.118. The molecular weight excluding hydrogens is 268 g/mol. The van der Waals surface area contributed by atoms with Crippen LogP contribution in [0.4, 0.5) is 0 Å². The maximum atomic E-state index is 11.0. The van der Waals surface area contributed by atoms with Crippen LogP contribution < -0.4 is 9.47 Å². The number of phenolic OH excluding ortho intramolecular Hbond substituents is 1. The smallest absolute Gasteiger partial charge is 0.164 e. The normalized spacial score (nSPS) is 11.0. The number of hydrogen-bond donors (Lipinski definition) is 1. The van der Waals surface area contributed by atoms with Gasteiger partial charge in [-0.05, 0) is 23.3 Å². The molecule has 0 unspecified atom stereocenters. The molecule has 1 N–H and O–H groups in total. The summed E-state index contributed by atoms with van der Waals surface area (Å²) in [5, 5.41) is 9.98. The Hall–Kier alpha value is -2.75. The van der Waals surface area contributed by atoms with Crippen molar-refractivity contribution in [1.29, 1.82) is 0 Å². The lowest BCUT2D eigenvalue weighted by molar-refractivity contribution is -0.104. The molecule has 0 spiro atoms. The van der Waals surface area contributed by atoms with Crippen molar-refractivity contribution in [3.05, 3.63) is 59.7 Å². The minimum Gasteiger partial charge on any atom is -0.504 e. The van der Waals surface area contributed by atoms with Crippen LogP contribution >= 0.6 is 0 Å². The Labute approximate surface area is 123 Å². The number of ether oxygens (including phenoxy) is 2. The number of rotatable bonds is 5. The number of benzene rings is 2. The second-order valence-corrected chi connectivity index (χ2v) is 4.31. The highest BCUT2D eigenvalue weighted by Gasteiger charge is 2.15. The molecule has 2 rings (SSSR count). The lowest BCUT2D eigenvalue weighted by Crippen LogP contribution is -1.96. The zero-order chi connectivity index (χ0) is 15.2. The molecule has 2 aromatic carbocycles.